The molecule has 2 atom stereocenters. The predicted molar refractivity (Wildman–Crippen MR) is 62.1 cm³/mol. The van der Waals surface area contributed by atoms with Crippen LogP contribution in [0.25, 0.3) is 0 Å². The van der Waals surface area contributed by atoms with E-state index in [4.69, 9.17) is 9.84 Å². The van der Waals surface area contributed by atoms with Crippen LogP contribution in [0.15, 0.2) is 18.2 Å². The molecular formula is C12H17F2NO3. The van der Waals surface area contributed by atoms with Crippen LogP contribution in [-0.2, 0) is 4.74 Å². The molecule has 0 saturated heterocycles. The zero-order valence-electron chi connectivity index (χ0n) is 10.1. The van der Waals surface area contributed by atoms with Gasteiger partial charge in [-0.3, -0.25) is 0 Å². The van der Waals surface area contributed by atoms with Gasteiger partial charge in [-0.1, -0.05) is 6.07 Å². The van der Waals surface area contributed by atoms with Crippen molar-refractivity contribution in [2.24, 2.45) is 0 Å². The van der Waals surface area contributed by atoms with E-state index in [9.17, 15) is 13.9 Å². The Balaban J connectivity index is 2.56. The second kappa shape index (κ2) is 7.38. The van der Waals surface area contributed by atoms with Gasteiger partial charge in [0, 0.05) is 25.3 Å². The summed E-state index contributed by atoms with van der Waals surface area (Å²) in [6, 6.07) is 2.66. The van der Waals surface area contributed by atoms with Crippen molar-refractivity contribution >= 4 is 0 Å². The fraction of sp³-hybridized carbons (Fsp3) is 0.500. The fourth-order valence-electron chi connectivity index (χ4n) is 1.54. The highest BCUT2D eigenvalue weighted by atomic mass is 19.1. The third-order valence-electron chi connectivity index (χ3n) is 2.51. The molecule has 6 heteroatoms. The molecule has 102 valence electrons. The number of halogens is 2. The van der Waals surface area contributed by atoms with E-state index < -0.39 is 17.7 Å². The lowest BCUT2D eigenvalue weighted by Crippen LogP contribution is -2.39. The smallest absolute Gasteiger partial charge is 0.131 e. The monoisotopic (exact) mass is 261 g/mol. The second-order valence-electron chi connectivity index (χ2n) is 3.92. The highest BCUT2D eigenvalue weighted by molar-refractivity contribution is 5.21. The molecule has 0 fully saturated rings. The maximum Gasteiger partial charge on any atom is 0.131 e. The number of aliphatic hydroxyl groups excluding tert-OH is 2. The molecule has 2 unspecified atom stereocenters. The number of rotatable bonds is 7. The summed E-state index contributed by atoms with van der Waals surface area (Å²) in [6.45, 7) is 0.152. The van der Waals surface area contributed by atoms with Crippen LogP contribution in [0.4, 0.5) is 8.78 Å². The van der Waals surface area contributed by atoms with Crippen molar-refractivity contribution in [3.63, 3.8) is 0 Å². The van der Waals surface area contributed by atoms with Crippen LogP contribution in [-0.4, -0.2) is 43.1 Å². The number of ether oxygens (including phenoxy) is 1. The first kappa shape index (κ1) is 15.0. The highest BCUT2D eigenvalue weighted by Crippen LogP contribution is 2.17. The van der Waals surface area contributed by atoms with Crippen molar-refractivity contribution < 1.29 is 23.7 Å². The van der Waals surface area contributed by atoms with Crippen molar-refractivity contribution in [2.45, 2.75) is 12.1 Å². The zero-order chi connectivity index (χ0) is 13.5. The lowest BCUT2D eigenvalue weighted by atomic mass is 10.1. The molecular weight excluding hydrogens is 244 g/mol. The average molecular weight is 261 g/mol. The van der Waals surface area contributed by atoms with Crippen molar-refractivity contribution in [3.05, 3.63) is 35.4 Å². The zero-order valence-corrected chi connectivity index (χ0v) is 10.1. The SMILES string of the molecule is COCC(CO)NCC(O)c1ccc(F)cc1F. The summed E-state index contributed by atoms with van der Waals surface area (Å²) in [5.41, 5.74) is 0.0120. The lowest BCUT2D eigenvalue weighted by molar-refractivity contribution is 0.110. The number of benzene rings is 1. The van der Waals surface area contributed by atoms with Crippen LogP contribution in [0.2, 0.25) is 0 Å². The van der Waals surface area contributed by atoms with E-state index in [1.165, 1.54) is 13.2 Å². The Morgan fingerprint density at radius 1 is 1.39 bits per heavy atom. The van der Waals surface area contributed by atoms with Crippen LogP contribution in [0, 0.1) is 11.6 Å². The van der Waals surface area contributed by atoms with Gasteiger partial charge >= 0.3 is 0 Å². The molecule has 0 radical (unpaired) electrons. The highest BCUT2D eigenvalue weighted by Gasteiger charge is 2.15. The Bertz CT molecular complexity index is 376. The van der Waals surface area contributed by atoms with E-state index in [-0.39, 0.29) is 31.4 Å². The average Bonchev–Trinajstić information content (AvgIpc) is 2.34. The Morgan fingerprint density at radius 3 is 2.67 bits per heavy atom. The molecule has 1 aromatic carbocycles. The Kier molecular flexibility index (Phi) is 6.14. The van der Waals surface area contributed by atoms with Gasteiger partial charge in [0.1, 0.15) is 11.6 Å². The molecule has 0 amide bonds. The first-order chi connectivity index (χ1) is 8.58. The number of methoxy groups -OCH3 is 1. The van der Waals surface area contributed by atoms with E-state index in [1.54, 1.807) is 0 Å². The van der Waals surface area contributed by atoms with Crippen molar-refractivity contribution in [2.75, 3.05) is 26.9 Å². The summed E-state index contributed by atoms with van der Waals surface area (Å²) in [4.78, 5) is 0. The van der Waals surface area contributed by atoms with Gasteiger partial charge in [-0.15, -0.1) is 0 Å². The molecule has 0 spiro atoms. The number of aliphatic hydroxyl groups is 2. The summed E-state index contributed by atoms with van der Waals surface area (Å²) >= 11 is 0. The minimum Gasteiger partial charge on any atom is -0.395 e. The van der Waals surface area contributed by atoms with Crippen molar-refractivity contribution in [1.82, 2.24) is 5.32 Å². The fourth-order valence-corrected chi connectivity index (χ4v) is 1.54. The van der Waals surface area contributed by atoms with Gasteiger partial charge in [-0.25, -0.2) is 8.78 Å². The summed E-state index contributed by atoms with van der Waals surface area (Å²) in [5.74, 6) is -1.49. The van der Waals surface area contributed by atoms with E-state index in [2.05, 4.69) is 5.32 Å². The van der Waals surface area contributed by atoms with Gasteiger partial charge in [0.05, 0.1) is 25.4 Å². The molecule has 0 aliphatic rings. The molecule has 3 N–H and O–H groups in total. The molecule has 0 aromatic heterocycles. The predicted octanol–water partition coefficient (Wildman–Crippen LogP) is 0.595. The quantitative estimate of drug-likeness (QED) is 0.672. The van der Waals surface area contributed by atoms with Gasteiger partial charge in [0.15, 0.2) is 0 Å². The lowest BCUT2D eigenvalue weighted by Gasteiger charge is -2.18. The molecule has 0 saturated carbocycles. The summed E-state index contributed by atoms with van der Waals surface area (Å²) in [5, 5.41) is 21.6. The molecule has 18 heavy (non-hydrogen) atoms. The van der Waals surface area contributed by atoms with Crippen LogP contribution in [0.3, 0.4) is 0 Å². The Hall–Kier alpha value is -1.08. The summed E-state index contributed by atoms with van der Waals surface area (Å²) in [6.07, 6.45) is -1.11. The Morgan fingerprint density at radius 2 is 2.11 bits per heavy atom. The van der Waals surface area contributed by atoms with Crippen LogP contribution in [0.5, 0.6) is 0 Å². The van der Waals surface area contributed by atoms with E-state index in [1.807, 2.05) is 0 Å². The molecule has 4 nitrogen and oxygen atoms in total. The van der Waals surface area contributed by atoms with Gasteiger partial charge in [-0.05, 0) is 6.07 Å². The summed E-state index contributed by atoms with van der Waals surface area (Å²) < 4.78 is 30.9. The molecule has 0 aliphatic carbocycles. The normalized spacial score (nSPS) is 14.5. The van der Waals surface area contributed by atoms with Gasteiger partial charge < -0.3 is 20.3 Å². The van der Waals surface area contributed by atoms with E-state index in [0.717, 1.165) is 12.1 Å². The number of hydrogen-bond acceptors (Lipinski definition) is 4. The third-order valence-corrected chi connectivity index (χ3v) is 2.51. The minimum atomic E-state index is -1.11. The van der Waals surface area contributed by atoms with Gasteiger partial charge in [-0.2, -0.15) is 0 Å². The Labute approximate surface area is 104 Å². The standard InChI is InChI=1S/C12H17F2NO3/c1-18-7-9(6-16)15-5-12(17)10-3-2-8(13)4-11(10)14/h2-4,9,12,15-17H,5-7H2,1H3. The minimum absolute atomic E-state index is 0.0120. The molecule has 1 aromatic rings. The number of nitrogens with one attached hydrogen (secondary N) is 1. The van der Waals surface area contributed by atoms with E-state index in [0.29, 0.717) is 0 Å². The van der Waals surface area contributed by atoms with E-state index >= 15 is 0 Å². The number of hydrogen-bond donors (Lipinski definition) is 3. The molecule has 0 heterocycles. The summed E-state index contributed by atoms with van der Waals surface area (Å²) in [7, 11) is 1.49. The van der Waals surface area contributed by atoms with Gasteiger partial charge in [0.2, 0.25) is 0 Å². The third kappa shape index (κ3) is 4.30. The van der Waals surface area contributed by atoms with Crippen molar-refractivity contribution in [1.29, 1.82) is 0 Å². The first-order valence-corrected chi connectivity index (χ1v) is 5.54. The second-order valence-corrected chi connectivity index (χ2v) is 3.92. The largest absolute Gasteiger partial charge is 0.395 e. The first-order valence-electron chi connectivity index (χ1n) is 5.54. The molecule has 0 aliphatic heterocycles. The van der Waals surface area contributed by atoms with Crippen LogP contribution >= 0.6 is 0 Å². The maximum absolute atomic E-state index is 13.4. The topological polar surface area (TPSA) is 61.7 Å². The maximum atomic E-state index is 13.4. The molecule has 0 bridgehead atoms. The van der Waals surface area contributed by atoms with Crippen LogP contribution in [0.1, 0.15) is 11.7 Å². The van der Waals surface area contributed by atoms with Crippen LogP contribution < -0.4 is 5.32 Å². The van der Waals surface area contributed by atoms with Gasteiger partial charge in [0.25, 0.3) is 0 Å². The molecule has 1 rings (SSSR count). The van der Waals surface area contributed by atoms with Crippen molar-refractivity contribution in [3.8, 4) is 0 Å².